The third-order valence-electron chi connectivity index (χ3n) is 2.60. The number of carbonyl (C=O) groups is 1. The van der Waals surface area contributed by atoms with E-state index in [1.54, 1.807) is 20.8 Å². The van der Waals surface area contributed by atoms with Gasteiger partial charge in [0.15, 0.2) is 11.6 Å². The first-order valence-corrected chi connectivity index (χ1v) is 7.31. The second kappa shape index (κ2) is 7.26. The Morgan fingerprint density at radius 2 is 2.00 bits per heavy atom. The Labute approximate surface area is 136 Å². The van der Waals surface area contributed by atoms with Gasteiger partial charge in [-0.15, -0.1) is 0 Å². The van der Waals surface area contributed by atoms with Crippen LogP contribution in [-0.4, -0.2) is 39.7 Å². The number of alkyl carbamates (subject to hydrolysis) is 1. The highest BCUT2D eigenvalue weighted by atomic mass is 79.9. The highest BCUT2D eigenvalue weighted by Gasteiger charge is 2.25. The molecule has 8 heteroatoms. The minimum Gasteiger partial charge on any atom is -0.505 e. The van der Waals surface area contributed by atoms with Gasteiger partial charge in [-0.3, -0.25) is 0 Å². The number of nitrogens with one attached hydrogen (secondary N) is 1. The van der Waals surface area contributed by atoms with Crippen molar-refractivity contribution in [3.8, 4) is 5.75 Å². The van der Waals surface area contributed by atoms with Crippen molar-refractivity contribution >= 4 is 22.0 Å². The molecule has 1 amide bonds. The zero-order chi connectivity index (χ0) is 17.1. The summed E-state index contributed by atoms with van der Waals surface area (Å²) in [5, 5.41) is 31.7. The summed E-state index contributed by atoms with van der Waals surface area (Å²) in [6, 6.07) is 2.30. The molecule has 0 saturated heterocycles. The van der Waals surface area contributed by atoms with E-state index in [4.69, 9.17) is 4.74 Å². The number of ether oxygens (including phenoxy) is 1. The first kappa shape index (κ1) is 18.7. The standard InChI is InChI=1S/C14H19BrFNO5/c1-14(2,3)22-13(21)17-6-10(18)12(20)8-4-7(15)5-9(16)11(8)19/h4-5,10,12,18-20H,6H2,1-3H3,(H,17,21). The van der Waals surface area contributed by atoms with E-state index in [1.165, 1.54) is 6.07 Å². The van der Waals surface area contributed by atoms with Crippen molar-refractivity contribution in [2.75, 3.05) is 6.54 Å². The van der Waals surface area contributed by atoms with Gasteiger partial charge in [0.1, 0.15) is 17.8 Å². The van der Waals surface area contributed by atoms with Crippen molar-refractivity contribution in [1.29, 1.82) is 0 Å². The molecule has 4 N–H and O–H groups in total. The van der Waals surface area contributed by atoms with E-state index in [2.05, 4.69) is 21.2 Å². The Morgan fingerprint density at radius 3 is 2.55 bits per heavy atom. The maximum Gasteiger partial charge on any atom is 0.407 e. The van der Waals surface area contributed by atoms with Gasteiger partial charge >= 0.3 is 6.09 Å². The number of hydrogen-bond donors (Lipinski definition) is 4. The number of halogens is 2. The van der Waals surface area contributed by atoms with E-state index in [0.29, 0.717) is 4.47 Å². The lowest BCUT2D eigenvalue weighted by molar-refractivity contribution is 0.0117. The van der Waals surface area contributed by atoms with Crippen molar-refractivity contribution in [2.45, 2.75) is 38.6 Å². The maximum absolute atomic E-state index is 13.4. The highest BCUT2D eigenvalue weighted by Crippen LogP contribution is 2.32. The van der Waals surface area contributed by atoms with E-state index >= 15 is 0 Å². The average molecular weight is 380 g/mol. The number of amides is 1. The zero-order valence-corrected chi connectivity index (χ0v) is 14.0. The van der Waals surface area contributed by atoms with Gasteiger partial charge in [0.25, 0.3) is 0 Å². The van der Waals surface area contributed by atoms with E-state index in [-0.39, 0.29) is 12.1 Å². The molecule has 1 aromatic carbocycles. The second-order valence-corrected chi connectivity index (χ2v) is 6.64. The minimum atomic E-state index is -1.58. The normalized spacial score (nSPS) is 14.3. The Bertz CT molecular complexity index is 547. The number of carbonyl (C=O) groups excluding carboxylic acids is 1. The van der Waals surface area contributed by atoms with Crippen LogP contribution in [0.4, 0.5) is 9.18 Å². The summed E-state index contributed by atoms with van der Waals surface area (Å²) in [5.41, 5.74) is -0.885. The molecule has 0 aliphatic carbocycles. The number of hydrogen-bond acceptors (Lipinski definition) is 5. The van der Waals surface area contributed by atoms with Gasteiger partial charge in [-0.05, 0) is 32.9 Å². The number of rotatable bonds is 4. The van der Waals surface area contributed by atoms with Crippen LogP contribution in [0.5, 0.6) is 5.75 Å². The topological polar surface area (TPSA) is 99.0 Å². The van der Waals surface area contributed by atoms with Crippen molar-refractivity contribution in [1.82, 2.24) is 5.32 Å². The average Bonchev–Trinajstić information content (AvgIpc) is 2.37. The summed E-state index contributed by atoms with van der Waals surface area (Å²) < 4.78 is 18.7. The number of benzene rings is 1. The van der Waals surface area contributed by atoms with Gasteiger partial charge in [0.2, 0.25) is 0 Å². The van der Waals surface area contributed by atoms with E-state index < -0.39 is 35.5 Å². The molecule has 0 heterocycles. The number of aliphatic hydroxyl groups is 2. The number of phenolic OH excluding ortho intramolecular Hbond substituents is 1. The van der Waals surface area contributed by atoms with E-state index in [1.807, 2.05) is 0 Å². The van der Waals surface area contributed by atoms with Crippen molar-refractivity contribution in [3.63, 3.8) is 0 Å². The third kappa shape index (κ3) is 5.43. The lowest BCUT2D eigenvalue weighted by atomic mass is 10.0. The van der Waals surface area contributed by atoms with Crippen LogP contribution in [0.1, 0.15) is 32.4 Å². The molecule has 0 radical (unpaired) electrons. The highest BCUT2D eigenvalue weighted by molar-refractivity contribution is 9.10. The molecule has 1 aromatic rings. The molecule has 124 valence electrons. The van der Waals surface area contributed by atoms with Crippen LogP contribution >= 0.6 is 15.9 Å². The summed E-state index contributed by atoms with van der Waals surface area (Å²) in [6.45, 7) is 4.71. The Morgan fingerprint density at radius 1 is 1.41 bits per heavy atom. The zero-order valence-electron chi connectivity index (χ0n) is 12.4. The lowest BCUT2D eigenvalue weighted by Gasteiger charge is -2.22. The van der Waals surface area contributed by atoms with Gasteiger partial charge in [-0.1, -0.05) is 15.9 Å². The maximum atomic E-state index is 13.4. The molecule has 22 heavy (non-hydrogen) atoms. The largest absolute Gasteiger partial charge is 0.505 e. The molecule has 0 bridgehead atoms. The summed E-state index contributed by atoms with van der Waals surface area (Å²) in [5.74, 6) is -1.69. The van der Waals surface area contributed by atoms with Gasteiger partial charge in [0, 0.05) is 16.6 Å². The fourth-order valence-electron chi connectivity index (χ4n) is 1.63. The molecular weight excluding hydrogens is 361 g/mol. The van der Waals surface area contributed by atoms with Gasteiger partial charge in [-0.2, -0.15) is 0 Å². The van der Waals surface area contributed by atoms with Crippen LogP contribution in [0.2, 0.25) is 0 Å². The van der Waals surface area contributed by atoms with E-state index in [9.17, 15) is 24.5 Å². The SMILES string of the molecule is CC(C)(C)OC(=O)NCC(O)C(O)c1cc(Br)cc(F)c1O. The Balaban J connectivity index is 2.70. The molecule has 0 spiro atoms. The Hall–Kier alpha value is -1.38. The number of phenols is 1. The minimum absolute atomic E-state index is 0.189. The van der Waals surface area contributed by atoms with Crippen LogP contribution in [-0.2, 0) is 4.74 Å². The van der Waals surface area contributed by atoms with Crippen LogP contribution in [0.15, 0.2) is 16.6 Å². The molecule has 0 aliphatic rings. The van der Waals surface area contributed by atoms with Gasteiger partial charge in [0.05, 0.1) is 0 Å². The molecule has 0 fully saturated rings. The van der Waals surface area contributed by atoms with Crippen LogP contribution in [0.25, 0.3) is 0 Å². The summed E-state index contributed by atoms with van der Waals surface area (Å²) >= 11 is 3.03. The predicted octanol–water partition coefficient (Wildman–Crippen LogP) is 2.21. The number of aliphatic hydroxyl groups excluding tert-OH is 2. The first-order valence-electron chi connectivity index (χ1n) is 6.52. The summed E-state index contributed by atoms with van der Waals surface area (Å²) in [7, 11) is 0. The molecule has 1 rings (SSSR count). The molecular formula is C14H19BrFNO5. The third-order valence-corrected chi connectivity index (χ3v) is 3.05. The predicted molar refractivity (Wildman–Crippen MR) is 81.0 cm³/mol. The quantitative estimate of drug-likeness (QED) is 0.642. The van der Waals surface area contributed by atoms with Crippen LogP contribution < -0.4 is 5.32 Å². The molecule has 0 aliphatic heterocycles. The molecule has 2 unspecified atom stereocenters. The molecule has 2 atom stereocenters. The first-order chi connectivity index (χ1) is 10.0. The van der Waals surface area contributed by atoms with Crippen LogP contribution in [0.3, 0.4) is 0 Å². The summed E-state index contributed by atoms with van der Waals surface area (Å²) in [4.78, 5) is 11.5. The number of aromatic hydroxyl groups is 1. The smallest absolute Gasteiger partial charge is 0.407 e. The second-order valence-electron chi connectivity index (χ2n) is 5.72. The van der Waals surface area contributed by atoms with Gasteiger partial charge < -0.3 is 25.4 Å². The lowest BCUT2D eigenvalue weighted by Crippen LogP contribution is -2.38. The monoisotopic (exact) mass is 379 g/mol. The van der Waals surface area contributed by atoms with Crippen molar-refractivity contribution < 1.29 is 29.2 Å². The molecule has 0 saturated carbocycles. The molecule has 6 nitrogen and oxygen atoms in total. The van der Waals surface area contributed by atoms with E-state index in [0.717, 1.165) is 6.07 Å². The fourth-order valence-corrected chi connectivity index (χ4v) is 2.08. The molecule has 0 aromatic heterocycles. The van der Waals surface area contributed by atoms with Gasteiger partial charge in [-0.25, -0.2) is 9.18 Å². The van der Waals surface area contributed by atoms with Crippen LogP contribution in [0, 0.1) is 5.82 Å². The summed E-state index contributed by atoms with van der Waals surface area (Å²) in [6.07, 6.45) is -3.79. The fraction of sp³-hybridized carbons (Fsp3) is 0.500. The van der Waals surface area contributed by atoms with Crippen molar-refractivity contribution in [2.24, 2.45) is 0 Å². The van der Waals surface area contributed by atoms with Crippen molar-refractivity contribution in [3.05, 3.63) is 28.0 Å². The Kier molecular flexibility index (Phi) is 6.16.